The predicted octanol–water partition coefficient (Wildman–Crippen LogP) is -7.01. The van der Waals surface area contributed by atoms with Gasteiger partial charge in [-0.15, -0.1) is 0 Å². The number of aliphatic hydroxyl groups is 9. The maximum Gasteiger partial charge on any atom is 0.364 e. The van der Waals surface area contributed by atoms with Gasteiger partial charge in [-0.25, -0.2) is 4.79 Å². The number of nitrogens with one attached hydrogen (secondary N) is 2. The van der Waals surface area contributed by atoms with Crippen LogP contribution in [0, 0.1) is 0 Å². The van der Waals surface area contributed by atoms with Crippen LogP contribution in [-0.4, -0.2) is 186 Å². The summed E-state index contributed by atoms with van der Waals surface area (Å²) < 4.78 is 28.7. The van der Waals surface area contributed by atoms with Gasteiger partial charge in [-0.3, -0.25) is 9.59 Å². The van der Waals surface area contributed by atoms with Crippen LogP contribution >= 0.6 is 0 Å². The van der Waals surface area contributed by atoms with Crippen LogP contribution in [0.2, 0.25) is 0 Å². The highest BCUT2D eigenvalue weighted by Crippen LogP contribution is 2.38. The van der Waals surface area contributed by atoms with Crippen molar-refractivity contribution < 1.29 is 89.1 Å². The number of carboxylic acid groups (broad SMARTS) is 1. The van der Waals surface area contributed by atoms with Gasteiger partial charge in [0.15, 0.2) is 6.29 Å². The van der Waals surface area contributed by atoms with Crippen LogP contribution in [0.4, 0.5) is 0 Å². The second kappa shape index (κ2) is 15.8. The average Bonchev–Trinajstić information content (AvgIpc) is 2.99. The van der Waals surface area contributed by atoms with Crippen molar-refractivity contribution in [1.29, 1.82) is 0 Å². The number of hydrogen-bond acceptors (Lipinski definition) is 17. The topological polar surface area (TPSA) is 324 Å². The number of ether oxygens (including phenoxy) is 5. The lowest BCUT2D eigenvalue weighted by Gasteiger charge is -2.51. The van der Waals surface area contributed by atoms with Crippen LogP contribution in [0.15, 0.2) is 0 Å². The summed E-state index contributed by atoms with van der Waals surface area (Å²) in [7, 11) is 0. The number of hydrogen-bond donors (Lipinski definition) is 12. The largest absolute Gasteiger partial charge is 0.477 e. The van der Waals surface area contributed by atoms with Gasteiger partial charge in [0.05, 0.1) is 38.1 Å². The zero-order valence-corrected chi connectivity index (χ0v) is 25.2. The van der Waals surface area contributed by atoms with E-state index in [2.05, 4.69) is 10.6 Å². The second-order valence-corrected chi connectivity index (χ2v) is 11.5. The highest BCUT2D eigenvalue weighted by molar-refractivity contribution is 5.76. The van der Waals surface area contributed by atoms with Crippen molar-refractivity contribution in [3.05, 3.63) is 0 Å². The van der Waals surface area contributed by atoms with Gasteiger partial charge in [0.2, 0.25) is 11.8 Å². The lowest BCUT2D eigenvalue weighted by Crippen LogP contribution is -2.71. The minimum atomic E-state index is -2.95. The van der Waals surface area contributed by atoms with E-state index in [-0.39, 0.29) is 0 Å². The summed E-state index contributed by atoms with van der Waals surface area (Å²) in [6.07, 6.45) is -23.2. The number of rotatable bonds is 12. The Labute approximate surface area is 262 Å². The van der Waals surface area contributed by atoms with E-state index in [1.807, 2.05) is 0 Å². The Hall–Kier alpha value is -2.15. The van der Waals surface area contributed by atoms with E-state index in [4.69, 9.17) is 23.7 Å². The third-order valence-corrected chi connectivity index (χ3v) is 8.13. The summed E-state index contributed by atoms with van der Waals surface area (Å²) in [4.78, 5) is 36.6. The lowest BCUT2D eigenvalue weighted by molar-refractivity contribution is -0.371. The Morgan fingerprint density at radius 2 is 1.46 bits per heavy atom. The van der Waals surface area contributed by atoms with Crippen molar-refractivity contribution in [3.63, 3.8) is 0 Å². The van der Waals surface area contributed by atoms with Crippen molar-refractivity contribution in [1.82, 2.24) is 10.6 Å². The fourth-order valence-corrected chi connectivity index (χ4v) is 5.77. The van der Waals surface area contributed by atoms with E-state index in [1.165, 1.54) is 6.92 Å². The van der Waals surface area contributed by atoms with Crippen molar-refractivity contribution in [2.24, 2.45) is 0 Å². The van der Waals surface area contributed by atoms with Gasteiger partial charge in [0, 0.05) is 20.3 Å². The van der Waals surface area contributed by atoms with Crippen LogP contribution in [-0.2, 0) is 38.1 Å². The molecule has 266 valence electrons. The molecular formula is C26H44N2O18. The van der Waals surface area contributed by atoms with Crippen molar-refractivity contribution in [2.75, 3.05) is 19.8 Å². The van der Waals surface area contributed by atoms with Crippen molar-refractivity contribution in [3.8, 4) is 0 Å². The molecule has 46 heavy (non-hydrogen) atoms. The van der Waals surface area contributed by atoms with Crippen LogP contribution in [0.1, 0.15) is 27.2 Å². The summed E-state index contributed by atoms with van der Waals surface area (Å²) in [5, 5.41) is 108. The summed E-state index contributed by atoms with van der Waals surface area (Å²) >= 11 is 0. The molecule has 0 bridgehead atoms. The van der Waals surface area contributed by atoms with Gasteiger partial charge in [0.25, 0.3) is 5.79 Å². The molecule has 12 N–H and O–H groups in total. The van der Waals surface area contributed by atoms with Crippen molar-refractivity contribution >= 4 is 17.8 Å². The third-order valence-electron chi connectivity index (χ3n) is 8.13. The van der Waals surface area contributed by atoms with E-state index in [1.54, 1.807) is 0 Å². The number of carbonyl (C=O) groups is 3. The fraction of sp³-hybridized carbons (Fsp3) is 0.885. The molecular weight excluding hydrogens is 628 g/mol. The number of aliphatic hydroxyl groups excluding tert-OH is 9. The smallest absolute Gasteiger partial charge is 0.364 e. The first-order valence-electron chi connectivity index (χ1n) is 14.5. The van der Waals surface area contributed by atoms with Crippen LogP contribution in [0.5, 0.6) is 0 Å². The molecule has 20 heteroatoms. The number of carbonyl (C=O) groups excluding carboxylic acids is 2. The molecule has 0 radical (unpaired) electrons. The van der Waals surface area contributed by atoms with E-state index >= 15 is 0 Å². The molecule has 12 unspecified atom stereocenters. The molecule has 0 aromatic heterocycles. The van der Waals surface area contributed by atoms with Crippen molar-refractivity contribution in [2.45, 2.75) is 125 Å². The number of amides is 2. The predicted molar refractivity (Wildman–Crippen MR) is 145 cm³/mol. The van der Waals surface area contributed by atoms with Crippen LogP contribution in [0.25, 0.3) is 0 Å². The first-order valence-corrected chi connectivity index (χ1v) is 14.5. The molecule has 3 aliphatic heterocycles. The number of aliphatic carboxylic acids is 1. The third kappa shape index (κ3) is 8.10. The standard InChI is InChI=1S/C26H44N2O18/c1-8-17(36)23(21(14(7-31)42-8)44-24-16(28-10(3)33)20(39)19(38)13(6-30)43-24)46-26(25(40)41)4-11(34)15(27-9(2)32)22(45-26)18(37)12(35)5-29/h8,11-24,29-31,34-39H,4-7H2,1-3H3,(H,27,32)(H,28,33)(H,40,41)/t8?,11?,12-,13?,14?,15?,16?,17?,18-,19?,20?,21?,22+,23?,24?,26+/m1/s1. The highest BCUT2D eigenvalue weighted by Gasteiger charge is 2.60. The molecule has 3 fully saturated rings. The summed E-state index contributed by atoms with van der Waals surface area (Å²) in [5.41, 5.74) is 0. The Morgan fingerprint density at radius 1 is 0.870 bits per heavy atom. The van der Waals surface area contributed by atoms with E-state index in [0.717, 1.165) is 13.8 Å². The molecule has 0 aliphatic carbocycles. The van der Waals surface area contributed by atoms with E-state index in [9.17, 15) is 65.4 Å². The molecule has 0 aromatic rings. The lowest BCUT2D eigenvalue weighted by atomic mass is 9.87. The molecule has 16 atom stereocenters. The summed E-state index contributed by atoms with van der Waals surface area (Å²) in [6, 6.07) is -3.02. The van der Waals surface area contributed by atoms with Gasteiger partial charge in [0.1, 0.15) is 67.1 Å². The normalized spacial score (nSPS) is 42.9. The highest BCUT2D eigenvalue weighted by atomic mass is 16.8. The monoisotopic (exact) mass is 672 g/mol. The second-order valence-electron chi connectivity index (χ2n) is 11.5. The maximum atomic E-state index is 12.8. The Bertz CT molecular complexity index is 1050. The summed E-state index contributed by atoms with van der Waals surface area (Å²) in [6.45, 7) is 0.819. The molecule has 20 nitrogen and oxygen atoms in total. The zero-order valence-electron chi connectivity index (χ0n) is 25.2. The minimum absolute atomic E-state index is 0.700. The quantitative estimate of drug-likeness (QED) is 0.0916. The molecule has 3 rings (SSSR count). The van der Waals surface area contributed by atoms with Gasteiger partial charge < -0.3 is 85.4 Å². The van der Waals surface area contributed by atoms with Gasteiger partial charge in [-0.05, 0) is 6.92 Å². The first kappa shape index (κ1) is 38.3. The van der Waals surface area contributed by atoms with Gasteiger partial charge in [-0.2, -0.15) is 0 Å². The minimum Gasteiger partial charge on any atom is -0.477 e. The van der Waals surface area contributed by atoms with Gasteiger partial charge in [-0.1, -0.05) is 0 Å². The molecule has 0 spiro atoms. The Kier molecular flexibility index (Phi) is 13.2. The van der Waals surface area contributed by atoms with Crippen LogP contribution in [0.3, 0.4) is 0 Å². The van der Waals surface area contributed by atoms with E-state index < -0.39 is 141 Å². The first-order chi connectivity index (χ1) is 21.5. The zero-order chi connectivity index (χ0) is 34.7. The molecule has 0 saturated carbocycles. The fourth-order valence-electron chi connectivity index (χ4n) is 5.77. The maximum absolute atomic E-state index is 12.8. The molecule has 3 heterocycles. The SMILES string of the molecule is CC(=O)NC1C(OC2C(CO)OC(C)C(O)C2O[C@]2(C(=O)O)CC(O)C(NC(C)=O)[C@@H]([C@H](O)[C@H](O)CO)O2)OC(CO)C(O)C1O. The molecule has 0 aromatic carbocycles. The molecule has 2 amide bonds. The average molecular weight is 673 g/mol. The molecule has 3 aliphatic rings. The van der Waals surface area contributed by atoms with Crippen LogP contribution < -0.4 is 10.6 Å². The Balaban J connectivity index is 2.05. The van der Waals surface area contributed by atoms with Gasteiger partial charge >= 0.3 is 5.97 Å². The molecule has 3 saturated heterocycles. The summed E-state index contributed by atoms with van der Waals surface area (Å²) in [5.74, 6) is -6.28. The van der Waals surface area contributed by atoms with E-state index in [0.29, 0.717) is 0 Å². The number of carboxylic acids is 1. The Morgan fingerprint density at radius 3 is 1.98 bits per heavy atom.